The van der Waals surface area contributed by atoms with Crippen molar-refractivity contribution in [2.75, 3.05) is 26.0 Å². The molecule has 1 aliphatic heterocycles. The lowest BCUT2D eigenvalue weighted by Gasteiger charge is -2.29. The highest BCUT2D eigenvalue weighted by Gasteiger charge is 2.17. The van der Waals surface area contributed by atoms with Crippen LogP contribution in [0.5, 0.6) is 0 Å². The van der Waals surface area contributed by atoms with E-state index in [4.69, 9.17) is 11.6 Å². The second-order valence-corrected chi connectivity index (χ2v) is 4.88. The maximum Gasteiger partial charge on any atom is 0.0410 e. The summed E-state index contributed by atoms with van der Waals surface area (Å²) in [6.45, 7) is 1.09. The molecule has 1 N–H and O–H groups in total. The van der Waals surface area contributed by atoms with Gasteiger partial charge in [0.05, 0.1) is 0 Å². The largest absolute Gasteiger partial charge is 0.381 e. The van der Waals surface area contributed by atoms with E-state index in [2.05, 4.69) is 36.4 Å². The quantitative estimate of drug-likeness (QED) is 0.831. The van der Waals surface area contributed by atoms with Gasteiger partial charge in [-0.05, 0) is 50.7 Å². The number of likely N-dealkylation sites (N-methyl/N-ethyl adjacent to an activating group) is 1. The first kappa shape index (κ1) is 10.8. The van der Waals surface area contributed by atoms with Crippen molar-refractivity contribution in [2.24, 2.45) is 0 Å². The van der Waals surface area contributed by atoms with Crippen LogP contribution in [0.2, 0.25) is 5.02 Å². The molecule has 82 valence electrons. The van der Waals surface area contributed by atoms with Gasteiger partial charge < -0.3 is 10.2 Å². The molecule has 0 saturated carbocycles. The summed E-state index contributed by atoms with van der Waals surface area (Å²) in [6.07, 6.45) is 2.31. The maximum absolute atomic E-state index is 5.96. The smallest absolute Gasteiger partial charge is 0.0410 e. The molecule has 2 rings (SSSR count). The second kappa shape index (κ2) is 4.42. The molecule has 0 aromatic heterocycles. The van der Waals surface area contributed by atoms with Crippen LogP contribution < -0.4 is 5.32 Å². The molecule has 1 unspecified atom stereocenters. The van der Waals surface area contributed by atoms with Crippen LogP contribution >= 0.6 is 11.6 Å². The molecule has 0 radical (unpaired) electrons. The minimum Gasteiger partial charge on any atom is -0.381 e. The van der Waals surface area contributed by atoms with Crippen LogP contribution in [0.1, 0.15) is 12.0 Å². The number of benzene rings is 1. The zero-order valence-electron chi connectivity index (χ0n) is 9.26. The first-order chi connectivity index (χ1) is 7.15. The Hall–Kier alpha value is -0.730. The Morgan fingerprint density at radius 3 is 3.00 bits per heavy atom. The highest BCUT2D eigenvalue weighted by molar-refractivity contribution is 6.30. The van der Waals surface area contributed by atoms with Crippen molar-refractivity contribution in [3.63, 3.8) is 0 Å². The molecule has 1 aromatic rings. The number of anilines is 1. The first-order valence-electron chi connectivity index (χ1n) is 5.35. The molecule has 1 aliphatic rings. The van der Waals surface area contributed by atoms with E-state index < -0.39 is 0 Å². The van der Waals surface area contributed by atoms with E-state index in [0.717, 1.165) is 18.0 Å². The lowest BCUT2D eigenvalue weighted by Crippen LogP contribution is -2.35. The number of rotatable bonds is 2. The Kier molecular flexibility index (Phi) is 3.17. The van der Waals surface area contributed by atoms with Crippen molar-refractivity contribution >= 4 is 17.3 Å². The Morgan fingerprint density at radius 1 is 1.47 bits per heavy atom. The van der Waals surface area contributed by atoms with Gasteiger partial charge in [0.1, 0.15) is 0 Å². The first-order valence-corrected chi connectivity index (χ1v) is 5.72. The maximum atomic E-state index is 5.96. The summed E-state index contributed by atoms with van der Waals surface area (Å²) >= 11 is 5.96. The molecule has 3 heteroatoms. The zero-order valence-corrected chi connectivity index (χ0v) is 10.0. The Labute approximate surface area is 96.2 Å². The third kappa shape index (κ3) is 2.64. The number of hydrogen-bond acceptors (Lipinski definition) is 2. The Bertz CT molecular complexity index is 349. The summed E-state index contributed by atoms with van der Waals surface area (Å²) in [7, 11) is 4.22. The van der Waals surface area contributed by atoms with Crippen molar-refractivity contribution in [2.45, 2.75) is 18.9 Å². The third-order valence-corrected chi connectivity index (χ3v) is 3.01. The van der Waals surface area contributed by atoms with Gasteiger partial charge in [0.2, 0.25) is 0 Å². The van der Waals surface area contributed by atoms with Crippen LogP contribution in [0.4, 0.5) is 5.69 Å². The number of halogens is 1. The molecule has 0 spiro atoms. The average molecular weight is 225 g/mol. The average Bonchev–Trinajstić information content (AvgIpc) is 2.17. The molecule has 0 aliphatic carbocycles. The molecular weight excluding hydrogens is 208 g/mol. The van der Waals surface area contributed by atoms with Gasteiger partial charge in [-0.1, -0.05) is 11.6 Å². The second-order valence-electron chi connectivity index (χ2n) is 4.44. The fourth-order valence-corrected chi connectivity index (χ4v) is 2.30. The molecule has 2 nitrogen and oxygen atoms in total. The normalized spacial score (nSPS) is 19.9. The van der Waals surface area contributed by atoms with E-state index in [1.165, 1.54) is 17.7 Å². The van der Waals surface area contributed by atoms with Crippen LogP contribution in [-0.4, -0.2) is 31.6 Å². The number of hydrogen-bond donors (Lipinski definition) is 1. The Morgan fingerprint density at radius 2 is 2.27 bits per heavy atom. The summed E-state index contributed by atoms with van der Waals surface area (Å²) in [5, 5.41) is 4.39. The van der Waals surface area contributed by atoms with Gasteiger partial charge in [-0.25, -0.2) is 0 Å². The van der Waals surface area contributed by atoms with E-state index in [0.29, 0.717) is 6.04 Å². The molecule has 0 amide bonds. The fraction of sp³-hybridized carbons (Fsp3) is 0.500. The summed E-state index contributed by atoms with van der Waals surface area (Å²) < 4.78 is 0. The van der Waals surface area contributed by atoms with Crippen LogP contribution in [0.25, 0.3) is 0 Å². The molecule has 0 fully saturated rings. The lowest BCUT2D eigenvalue weighted by atomic mass is 9.98. The number of fused-ring (bicyclic) bond motifs is 1. The van der Waals surface area contributed by atoms with Crippen molar-refractivity contribution in [3.8, 4) is 0 Å². The molecule has 0 bridgehead atoms. The van der Waals surface area contributed by atoms with Gasteiger partial charge in [0, 0.05) is 23.3 Å². The number of nitrogens with one attached hydrogen (secondary N) is 1. The van der Waals surface area contributed by atoms with Crippen LogP contribution in [0.3, 0.4) is 0 Å². The van der Waals surface area contributed by atoms with Crippen molar-refractivity contribution in [1.29, 1.82) is 0 Å². The van der Waals surface area contributed by atoms with Gasteiger partial charge in [0.15, 0.2) is 0 Å². The lowest BCUT2D eigenvalue weighted by molar-refractivity contribution is 0.371. The van der Waals surface area contributed by atoms with Crippen molar-refractivity contribution < 1.29 is 0 Å². The van der Waals surface area contributed by atoms with E-state index in [-0.39, 0.29) is 0 Å². The van der Waals surface area contributed by atoms with Gasteiger partial charge >= 0.3 is 0 Å². The molecule has 1 aromatic carbocycles. The molecule has 0 saturated heterocycles. The van der Waals surface area contributed by atoms with Gasteiger partial charge in [-0.2, -0.15) is 0 Å². The highest BCUT2D eigenvalue weighted by Crippen LogP contribution is 2.27. The van der Waals surface area contributed by atoms with E-state index in [1.807, 2.05) is 6.07 Å². The predicted octanol–water partition coefficient (Wildman–Crippen LogP) is 2.63. The number of aryl methyl sites for hydroxylation is 1. The van der Waals surface area contributed by atoms with E-state index in [9.17, 15) is 0 Å². The molecule has 1 heterocycles. The molecule has 15 heavy (non-hydrogen) atoms. The summed E-state index contributed by atoms with van der Waals surface area (Å²) in [6, 6.07) is 6.66. The number of nitrogens with zero attached hydrogens (tertiary/aromatic N) is 1. The Balaban J connectivity index is 2.10. The standard InChI is InChI=1S/C12H17ClN2/c1-15(2)8-11-5-3-9-7-10(13)4-6-12(9)14-11/h4,6-7,11,14H,3,5,8H2,1-2H3. The van der Waals surface area contributed by atoms with E-state index >= 15 is 0 Å². The van der Waals surface area contributed by atoms with Crippen LogP contribution in [-0.2, 0) is 6.42 Å². The van der Waals surface area contributed by atoms with Crippen molar-refractivity contribution in [3.05, 3.63) is 28.8 Å². The van der Waals surface area contributed by atoms with E-state index in [1.54, 1.807) is 0 Å². The highest BCUT2D eigenvalue weighted by atomic mass is 35.5. The third-order valence-electron chi connectivity index (χ3n) is 2.77. The summed E-state index contributed by atoms with van der Waals surface area (Å²) in [5.74, 6) is 0. The van der Waals surface area contributed by atoms with Gasteiger partial charge in [-0.15, -0.1) is 0 Å². The van der Waals surface area contributed by atoms with Crippen LogP contribution in [0, 0.1) is 0 Å². The summed E-state index contributed by atoms with van der Waals surface area (Å²) in [5.41, 5.74) is 2.59. The molecular formula is C12H17ClN2. The predicted molar refractivity (Wildman–Crippen MR) is 65.7 cm³/mol. The zero-order chi connectivity index (χ0) is 10.8. The summed E-state index contributed by atoms with van der Waals surface area (Å²) in [4.78, 5) is 2.22. The van der Waals surface area contributed by atoms with Gasteiger partial charge in [0.25, 0.3) is 0 Å². The van der Waals surface area contributed by atoms with Gasteiger partial charge in [-0.3, -0.25) is 0 Å². The topological polar surface area (TPSA) is 15.3 Å². The fourth-order valence-electron chi connectivity index (χ4n) is 2.11. The minimum atomic E-state index is 0.564. The van der Waals surface area contributed by atoms with Crippen LogP contribution in [0.15, 0.2) is 18.2 Å². The SMILES string of the molecule is CN(C)CC1CCc2cc(Cl)ccc2N1. The minimum absolute atomic E-state index is 0.564. The van der Waals surface area contributed by atoms with Crippen molar-refractivity contribution in [1.82, 2.24) is 4.90 Å². The monoisotopic (exact) mass is 224 g/mol. The molecule has 1 atom stereocenters.